The van der Waals surface area contributed by atoms with Gasteiger partial charge in [-0.25, -0.2) is 0 Å². The highest BCUT2D eigenvalue weighted by Crippen LogP contribution is 2.20. The number of carboxylic acids is 1. The van der Waals surface area contributed by atoms with Crippen LogP contribution in [0.15, 0.2) is 48.5 Å². The Bertz CT molecular complexity index is 637. The molecule has 0 bridgehead atoms. The Labute approximate surface area is 137 Å². The van der Waals surface area contributed by atoms with Gasteiger partial charge >= 0.3 is 5.97 Å². The summed E-state index contributed by atoms with van der Waals surface area (Å²) in [5.74, 6) is 0.458. The number of aliphatic carboxylic acids is 1. The maximum absolute atomic E-state index is 10.7. The van der Waals surface area contributed by atoms with Crippen LogP contribution in [0.3, 0.4) is 0 Å². The summed E-state index contributed by atoms with van der Waals surface area (Å²) < 4.78 is 5.17. The lowest BCUT2D eigenvalue weighted by atomic mass is 10.0. The quantitative estimate of drug-likeness (QED) is 0.775. The third-order valence-corrected chi connectivity index (χ3v) is 3.85. The minimum absolute atomic E-state index is 0.158. The van der Waals surface area contributed by atoms with Crippen molar-refractivity contribution in [1.29, 1.82) is 0 Å². The van der Waals surface area contributed by atoms with Crippen LogP contribution in [0, 0.1) is 0 Å². The van der Waals surface area contributed by atoms with Gasteiger partial charge in [-0.15, -0.1) is 0 Å². The molecule has 2 aromatic rings. The molecule has 4 nitrogen and oxygen atoms in total. The minimum Gasteiger partial charge on any atom is -0.497 e. The Kier molecular flexibility index (Phi) is 6.03. The van der Waals surface area contributed by atoms with E-state index < -0.39 is 5.97 Å². The summed E-state index contributed by atoms with van der Waals surface area (Å²) >= 11 is 0. The van der Waals surface area contributed by atoms with Crippen molar-refractivity contribution in [3.8, 4) is 5.75 Å². The molecule has 1 unspecified atom stereocenters. The standard InChI is InChI=1S/C19H23NO3/c1-14(16-7-9-18(23-2)10-8-16)13-20-17-5-3-4-15(12-17)6-11-19(21)22/h3-5,7-10,12,14,20H,6,11,13H2,1-2H3,(H,21,22). The van der Waals surface area contributed by atoms with Crippen molar-refractivity contribution in [1.82, 2.24) is 0 Å². The number of nitrogens with one attached hydrogen (secondary N) is 1. The molecule has 4 heteroatoms. The second-order valence-electron chi connectivity index (χ2n) is 5.65. The predicted molar refractivity (Wildman–Crippen MR) is 92.3 cm³/mol. The van der Waals surface area contributed by atoms with Gasteiger partial charge in [0, 0.05) is 18.7 Å². The van der Waals surface area contributed by atoms with Gasteiger partial charge in [0.25, 0.3) is 0 Å². The van der Waals surface area contributed by atoms with Crippen molar-refractivity contribution >= 4 is 11.7 Å². The fraction of sp³-hybridized carbons (Fsp3) is 0.316. The Morgan fingerprint density at radius 1 is 1.22 bits per heavy atom. The minimum atomic E-state index is -0.767. The van der Waals surface area contributed by atoms with Gasteiger partial charge in [0.1, 0.15) is 5.75 Å². The van der Waals surface area contributed by atoms with Crippen LogP contribution < -0.4 is 10.1 Å². The van der Waals surface area contributed by atoms with Gasteiger partial charge in [0.15, 0.2) is 0 Å². The van der Waals surface area contributed by atoms with E-state index in [1.54, 1.807) is 7.11 Å². The summed E-state index contributed by atoms with van der Waals surface area (Å²) in [4.78, 5) is 10.7. The first kappa shape index (κ1) is 16.9. The van der Waals surface area contributed by atoms with Crippen LogP contribution in [-0.4, -0.2) is 24.7 Å². The van der Waals surface area contributed by atoms with Gasteiger partial charge in [-0.3, -0.25) is 4.79 Å². The number of hydrogen-bond donors (Lipinski definition) is 2. The number of ether oxygens (including phenoxy) is 1. The Hall–Kier alpha value is -2.49. The summed E-state index contributed by atoms with van der Waals surface area (Å²) in [6, 6.07) is 16.0. The number of carboxylic acid groups (broad SMARTS) is 1. The zero-order valence-electron chi connectivity index (χ0n) is 13.6. The molecule has 0 aliphatic heterocycles. The van der Waals surface area contributed by atoms with Crippen molar-refractivity contribution in [3.05, 3.63) is 59.7 Å². The molecule has 1 atom stereocenters. The molecule has 2 aromatic carbocycles. The molecule has 0 spiro atoms. The first-order chi connectivity index (χ1) is 11.1. The number of rotatable bonds is 8. The van der Waals surface area contributed by atoms with Gasteiger partial charge in [-0.1, -0.05) is 31.2 Å². The summed E-state index contributed by atoms with van der Waals surface area (Å²) in [7, 11) is 1.66. The Morgan fingerprint density at radius 3 is 2.61 bits per heavy atom. The average molecular weight is 313 g/mol. The summed E-state index contributed by atoms with van der Waals surface area (Å²) in [5, 5.41) is 12.2. The highest BCUT2D eigenvalue weighted by Gasteiger charge is 2.06. The molecule has 0 aliphatic rings. The van der Waals surface area contributed by atoms with E-state index in [0.717, 1.165) is 23.5 Å². The summed E-state index contributed by atoms with van der Waals surface area (Å²) in [6.07, 6.45) is 0.713. The second kappa shape index (κ2) is 8.22. The molecule has 0 heterocycles. The van der Waals surface area contributed by atoms with Gasteiger partial charge in [0.2, 0.25) is 0 Å². The monoisotopic (exact) mass is 313 g/mol. The van der Waals surface area contributed by atoms with Gasteiger partial charge in [-0.2, -0.15) is 0 Å². The molecule has 0 fully saturated rings. The number of carbonyl (C=O) groups is 1. The molecule has 0 aromatic heterocycles. The smallest absolute Gasteiger partial charge is 0.303 e. The largest absolute Gasteiger partial charge is 0.497 e. The van der Waals surface area contributed by atoms with E-state index in [9.17, 15) is 4.79 Å². The first-order valence-electron chi connectivity index (χ1n) is 7.77. The van der Waals surface area contributed by atoms with E-state index >= 15 is 0 Å². The van der Waals surface area contributed by atoms with Crippen LogP contribution in [0.1, 0.15) is 30.4 Å². The summed E-state index contributed by atoms with van der Waals surface area (Å²) in [5.41, 5.74) is 3.31. The zero-order valence-corrected chi connectivity index (χ0v) is 13.6. The molecular formula is C19H23NO3. The van der Waals surface area contributed by atoms with E-state index in [2.05, 4.69) is 24.4 Å². The molecule has 23 heavy (non-hydrogen) atoms. The number of aryl methyl sites for hydroxylation is 1. The number of anilines is 1. The van der Waals surface area contributed by atoms with Crippen LogP contribution in [0.2, 0.25) is 0 Å². The molecule has 0 aliphatic carbocycles. The van der Waals surface area contributed by atoms with Gasteiger partial charge in [0.05, 0.1) is 7.11 Å². The van der Waals surface area contributed by atoms with Crippen molar-refractivity contribution < 1.29 is 14.6 Å². The maximum Gasteiger partial charge on any atom is 0.303 e. The Balaban J connectivity index is 1.91. The molecule has 2 rings (SSSR count). The molecule has 0 saturated carbocycles. The lowest BCUT2D eigenvalue weighted by Crippen LogP contribution is -2.10. The molecule has 0 radical (unpaired) electrons. The van der Waals surface area contributed by atoms with Crippen molar-refractivity contribution in [3.63, 3.8) is 0 Å². The second-order valence-corrected chi connectivity index (χ2v) is 5.65. The Morgan fingerprint density at radius 2 is 1.96 bits per heavy atom. The third kappa shape index (κ3) is 5.33. The fourth-order valence-electron chi connectivity index (χ4n) is 2.41. The lowest BCUT2D eigenvalue weighted by molar-refractivity contribution is -0.136. The predicted octanol–water partition coefficient (Wildman–Crippen LogP) is 3.93. The van der Waals surface area contributed by atoms with E-state index in [0.29, 0.717) is 12.3 Å². The average Bonchev–Trinajstić information content (AvgIpc) is 2.58. The molecule has 0 saturated heterocycles. The van der Waals surface area contributed by atoms with Crippen LogP contribution >= 0.6 is 0 Å². The number of hydrogen-bond acceptors (Lipinski definition) is 3. The molecular weight excluding hydrogens is 290 g/mol. The molecule has 0 amide bonds. The SMILES string of the molecule is COc1ccc(C(C)CNc2cccc(CCC(=O)O)c2)cc1. The molecule has 122 valence electrons. The van der Waals surface area contributed by atoms with E-state index in [1.807, 2.05) is 36.4 Å². The van der Waals surface area contributed by atoms with Crippen molar-refractivity contribution in [2.45, 2.75) is 25.7 Å². The first-order valence-corrected chi connectivity index (χ1v) is 7.77. The number of methoxy groups -OCH3 is 1. The van der Waals surface area contributed by atoms with E-state index in [1.165, 1.54) is 5.56 Å². The number of benzene rings is 2. The maximum atomic E-state index is 10.7. The fourth-order valence-corrected chi connectivity index (χ4v) is 2.41. The van der Waals surface area contributed by atoms with E-state index in [-0.39, 0.29) is 6.42 Å². The normalized spacial score (nSPS) is 11.7. The van der Waals surface area contributed by atoms with Crippen molar-refractivity contribution in [2.75, 3.05) is 19.0 Å². The van der Waals surface area contributed by atoms with Gasteiger partial charge in [-0.05, 0) is 47.7 Å². The van der Waals surface area contributed by atoms with Crippen LogP contribution in [0.4, 0.5) is 5.69 Å². The summed E-state index contributed by atoms with van der Waals surface area (Å²) in [6.45, 7) is 2.98. The van der Waals surface area contributed by atoms with Gasteiger partial charge < -0.3 is 15.2 Å². The topological polar surface area (TPSA) is 58.6 Å². The highest BCUT2D eigenvalue weighted by molar-refractivity contribution is 5.67. The van der Waals surface area contributed by atoms with Crippen LogP contribution in [0.5, 0.6) is 5.75 Å². The zero-order chi connectivity index (χ0) is 16.7. The lowest BCUT2D eigenvalue weighted by Gasteiger charge is -2.15. The van der Waals surface area contributed by atoms with Crippen LogP contribution in [0.25, 0.3) is 0 Å². The van der Waals surface area contributed by atoms with Crippen LogP contribution in [-0.2, 0) is 11.2 Å². The van der Waals surface area contributed by atoms with E-state index in [4.69, 9.17) is 9.84 Å². The van der Waals surface area contributed by atoms with Crippen molar-refractivity contribution in [2.24, 2.45) is 0 Å². The molecule has 2 N–H and O–H groups in total. The third-order valence-electron chi connectivity index (χ3n) is 3.85. The highest BCUT2D eigenvalue weighted by atomic mass is 16.5.